The van der Waals surface area contributed by atoms with Gasteiger partial charge in [0.15, 0.2) is 17.3 Å². The lowest BCUT2D eigenvalue weighted by Gasteiger charge is -2.08. The number of aromatic nitrogens is 1. The fourth-order valence-corrected chi connectivity index (χ4v) is 1.60. The summed E-state index contributed by atoms with van der Waals surface area (Å²) in [6, 6.07) is 4.58. The predicted octanol–water partition coefficient (Wildman–Crippen LogP) is 3.50. The van der Waals surface area contributed by atoms with E-state index >= 15 is 0 Å². The van der Waals surface area contributed by atoms with Crippen LogP contribution in [0.4, 0.5) is 14.6 Å². The largest absolute Gasteiger partial charge is 0.451 e. The molecule has 2 aromatic rings. The van der Waals surface area contributed by atoms with Crippen molar-refractivity contribution in [1.82, 2.24) is 4.98 Å². The van der Waals surface area contributed by atoms with E-state index in [1.807, 2.05) is 0 Å². The van der Waals surface area contributed by atoms with Crippen LogP contribution in [0.25, 0.3) is 0 Å². The Morgan fingerprint density at radius 3 is 2.59 bits per heavy atom. The highest BCUT2D eigenvalue weighted by Gasteiger charge is 2.09. The number of hydrogen-bond donors (Lipinski definition) is 1. The zero-order chi connectivity index (χ0) is 12.4. The van der Waals surface area contributed by atoms with Crippen molar-refractivity contribution in [3.8, 4) is 11.5 Å². The van der Waals surface area contributed by atoms with Crippen molar-refractivity contribution in [3.63, 3.8) is 0 Å². The van der Waals surface area contributed by atoms with Crippen molar-refractivity contribution >= 4 is 21.7 Å². The second kappa shape index (κ2) is 4.67. The number of nitrogens with two attached hydrogens (primary N) is 1. The molecule has 1 heterocycles. The molecular formula is C11H7BrF2N2O. The molecule has 0 unspecified atom stereocenters. The highest BCUT2D eigenvalue weighted by molar-refractivity contribution is 9.10. The summed E-state index contributed by atoms with van der Waals surface area (Å²) in [5.74, 6) is -0.926. The van der Waals surface area contributed by atoms with Gasteiger partial charge in [0, 0.05) is 6.07 Å². The van der Waals surface area contributed by atoms with Crippen LogP contribution in [0.2, 0.25) is 0 Å². The normalized spacial score (nSPS) is 10.3. The summed E-state index contributed by atoms with van der Waals surface area (Å²) >= 11 is 3.20. The molecule has 0 aliphatic carbocycles. The molecule has 0 aliphatic rings. The van der Waals surface area contributed by atoms with E-state index in [-0.39, 0.29) is 5.75 Å². The first-order valence-electron chi connectivity index (χ1n) is 4.60. The Labute approximate surface area is 104 Å². The highest BCUT2D eigenvalue weighted by Crippen LogP contribution is 2.31. The first-order chi connectivity index (χ1) is 8.06. The van der Waals surface area contributed by atoms with Gasteiger partial charge in [-0.25, -0.2) is 13.8 Å². The van der Waals surface area contributed by atoms with Gasteiger partial charge < -0.3 is 10.5 Å². The van der Waals surface area contributed by atoms with E-state index in [2.05, 4.69) is 20.9 Å². The summed E-state index contributed by atoms with van der Waals surface area (Å²) in [5, 5.41) is 0. The zero-order valence-corrected chi connectivity index (χ0v) is 10.0. The number of nitrogens with zero attached hydrogens (tertiary/aromatic N) is 1. The zero-order valence-electron chi connectivity index (χ0n) is 8.45. The van der Waals surface area contributed by atoms with Gasteiger partial charge in [-0.05, 0) is 34.1 Å². The van der Waals surface area contributed by atoms with Crippen LogP contribution in [0, 0.1) is 11.6 Å². The molecule has 0 fully saturated rings. The minimum Gasteiger partial charge on any atom is -0.451 e. The van der Waals surface area contributed by atoms with Crippen LogP contribution >= 0.6 is 15.9 Å². The number of nitrogen functional groups attached to an aromatic ring is 1. The van der Waals surface area contributed by atoms with Gasteiger partial charge in [0.05, 0.1) is 10.7 Å². The lowest BCUT2D eigenvalue weighted by atomic mass is 10.3. The number of halogens is 3. The minimum atomic E-state index is -0.784. The summed E-state index contributed by atoms with van der Waals surface area (Å²) in [7, 11) is 0. The molecule has 0 aliphatic heterocycles. The van der Waals surface area contributed by atoms with E-state index in [4.69, 9.17) is 10.5 Å². The van der Waals surface area contributed by atoms with Gasteiger partial charge in [0.2, 0.25) is 0 Å². The summed E-state index contributed by atoms with van der Waals surface area (Å²) in [6.07, 6.45) is 1.35. The maximum Gasteiger partial charge on any atom is 0.168 e. The molecule has 0 radical (unpaired) electrons. The molecule has 0 spiro atoms. The van der Waals surface area contributed by atoms with E-state index < -0.39 is 11.6 Å². The average Bonchev–Trinajstić information content (AvgIpc) is 2.25. The number of rotatable bonds is 2. The van der Waals surface area contributed by atoms with Crippen molar-refractivity contribution in [3.05, 3.63) is 46.6 Å². The molecule has 0 bridgehead atoms. The standard InChI is InChI=1S/C11H7BrF2N2O/c12-7-4-11(15)16-5-10(7)17-9-2-1-6(13)3-8(9)14/h1-5H,(H2,15,16). The number of hydrogen-bond acceptors (Lipinski definition) is 3. The van der Waals surface area contributed by atoms with Gasteiger partial charge in [-0.1, -0.05) is 0 Å². The Morgan fingerprint density at radius 1 is 1.18 bits per heavy atom. The van der Waals surface area contributed by atoms with Crippen LogP contribution < -0.4 is 10.5 Å². The summed E-state index contributed by atoms with van der Waals surface area (Å²) < 4.78 is 31.8. The number of anilines is 1. The Kier molecular flexibility index (Phi) is 3.23. The molecular weight excluding hydrogens is 294 g/mol. The Bertz CT molecular complexity index is 514. The van der Waals surface area contributed by atoms with Crippen LogP contribution in [0.15, 0.2) is 34.9 Å². The van der Waals surface area contributed by atoms with Crippen molar-refractivity contribution in [2.24, 2.45) is 0 Å². The van der Waals surface area contributed by atoms with Crippen LogP contribution in [-0.4, -0.2) is 4.98 Å². The molecule has 0 saturated heterocycles. The van der Waals surface area contributed by atoms with Gasteiger partial charge in [-0.2, -0.15) is 0 Å². The van der Waals surface area contributed by atoms with Gasteiger partial charge >= 0.3 is 0 Å². The predicted molar refractivity (Wildman–Crippen MR) is 62.8 cm³/mol. The van der Waals surface area contributed by atoms with Crippen molar-refractivity contribution in [2.75, 3.05) is 5.73 Å². The number of ether oxygens (including phenoxy) is 1. The molecule has 6 heteroatoms. The maximum absolute atomic E-state index is 13.3. The fourth-order valence-electron chi connectivity index (χ4n) is 1.18. The lowest BCUT2D eigenvalue weighted by molar-refractivity contribution is 0.434. The third-order valence-corrected chi connectivity index (χ3v) is 2.57. The van der Waals surface area contributed by atoms with Crippen LogP contribution in [0.3, 0.4) is 0 Å². The molecule has 2 rings (SSSR count). The first-order valence-corrected chi connectivity index (χ1v) is 5.39. The lowest BCUT2D eigenvalue weighted by Crippen LogP contribution is -1.94. The van der Waals surface area contributed by atoms with Crippen molar-refractivity contribution in [2.45, 2.75) is 0 Å². The molecule has 17 heavy (non-hydrogen) atoms. The van der Waals surface area contributed by atoms with Gasteiger partial charge in [-0.15, -0.1) is 0 Å². The maximum atomic E-state index is 13.3. The second-order valence-electron chi connectivity index (χ2n) is 3.22. The van der Waals surface area contributed by atoms with Crippen molar-refractivity contribution in [1.29, 1.82) is 0 Å². The molecule has 1 aromatic carbocycles. The average molecular weight is 301 g/mol. The topological polar surface area (TPSA) is 48.1 Å². The fraction of sp³-hybridized carbons (Fsp3) is 0. The smallest absolute Gasteiger partial charge is 0.168 e. The van der Waals surface area contributed by atoms with E-state index in [0.29, 0.717) is 16.0 Å². The molecule has 0 atom stereocenters. The number of pyridine rings is 1. The Morgan fingerprint density at radius 2 is 1.94 bits per heavy atom. The SMILES string of the molecule is Nc1cc(Br)c(Oc2ccc(F)cc2F)cn1. The highest BCUT2D eigenvalue weighted by atomic mass is 79.9. The summed E-state index contributed by atoms with van der Waals surface area (Å²) in [6.45, 7) is 0. The molecule has 1 aromatic heterocycles. The van der Waals surface area contributed by atoms with E-state index in [1.165, 1.54) is 18.3 Å². The molecule has 0 saturated carbocycles. The van der Waals surface area contributed by atoms with Crippen LogP contribution in [-0.2, 0) is 0 Å². The molecule has 88 valence electrons. The Balaban J connectivity index is 2.31. The first kappa shape index (κ1) is 11.8. The van der Waals surface area contributed by atoms with E-state index in [9.17, 15) is 8.78 Å². The van der Waals surface area contributed by atoms with Crippen molar-refractivity contribution < 1.29 is 13.5 Å². The summed E-state index contributed by atoms with van der Waals surface area (Å²) in [4.78, 5) is 3.81. The van der Waals surface area contributed by atoms with E-state index in [1.54, 1.807) is 0 Å². The third kappa shape index (κ3) is 2.71. The number of benzene rings is 1. The van der Waals surface area contributed by atoms with Crippen LogP contribution in [0.5, 0.6) is 11.5 Å². The quantitative estimate of drug-likeness (QED) is 0.923. The molecule has 2 N–H and O–H groups in total. The van der Waals surface area contributed by atoms with Gasteiger partial charge in [-0.3, -0.25) is 0 Å². The molecule has 0 amide bonds. The third-order valence-electron chi connectivity index (χ3n) is 1.95. The van der Waals surface area contributed by atoms with Crippen LogP contribution in [0.1, 0.15) is 0 Å². The Hall–Kier alpha value is -1.69. The van der Waals surface area contributed by atoms with E-state index in [0.717, 1.165) is 12.1 Å². The molecule has 3 nitrogen and oxygen atoms in total. The van der Waals surface area contributed by atoms with Gasteiger partial charge in [0.1, 0.15) is 11.6 Å². The minimum absolute atomic E-state index is 0.0846. The summed E-state index contributed by atoms with van der Waals surface area (Å²) in [5.41, 5.74) is 5.45. The van der Waals surface area contributed by atoms with Gasteiger partial charge in [0.25, 0.3) is 0 Å². The second-order valence-corrected chi connectivity index (χ2v) is 4.07. The monoisotopic (exact) mass is 300 g/mol.